The normalized spacial score (nSPS) is 23.9. The summed E-state index contributed by atoms with van der Waals surface area (Å²) in [6.45, 7) is 4.40. The van der Waals surface area contributed by atoms with Gasteiger partial charge in [-0.15, -0.1) is 4.40 Å². The minimum atomic E-state index is -3.66. The lowest BCUT2D eigenvalue weighted by atomic mass is 10.4. The Labute approximate surface area is 132 Å². The van der Waals surface area contributed by atoms with Crippen molar-refractivity contribution in [3.63, 3.8) is 0 Å². The van der Waals surface area contributed by atoms with E-state index < -0.39 is 10.0 Å². The molecule has 0 aliphatic carbocycles. The molecule has 1 aromatic heterocycles. The van der Waals surface area contributed by atoms with Crippen LogP contribution in [-0.2, 0) is 14.8 Å². The van der Waals surface area contributed by atoms with Gasteiger partial charge in [0.1, 0.15) is 0 Å². The number of nitrogens with zero attached hydrogens (tertiary/aromatic N) is 4. The van der Waals surface area contributed by atoms with Crippen molar-refractivity contribution in [3.8, 4) is 0 Å². The smallest absolute Gasteiger partial charge is 0.298 e. The minimum absolute atomic E-state index is 0.205. The second-order valence-corrected chi connectivity index (χ2v) is 8.22. The Morgan fingerprint density at radius 1 is 1.09 bits per heavy atom. The number of guanidine groups is 1. The Bertz CT molecular complexity index is 702. The molecule has 0 atom stereocenters. The van der Waals surface area contributed by atoms with Gasteiger partial charge in [-0.2, -0.15) is 8.42 Å². The van der Waals surface area contributed by atoms with Crippen LogP contribution >= 0.6 is 11.3 Å². The first-order valence-electron chi connectivity index (χ1n) is 7.34. The molecule has 10 heteroatoms. The summed E-state index contributed by atoms with van der Waals surface area (Å²) in [5.74, 6) is 0.812. The first-order chi connectivity index (χ1) is 10.6. The average Bonchev–Trinajstić information content (AvgIpc) is 3.17. The maximum Gasteiger partial charge on any atom is 0.298 e. The molecule has 3 aliphatic heterocycles. The number of hydrogen-bond donors (Lipinski definition) is 1. The first kappa shape index (κ1) is 14.2. The second kappa shape index (κ2) is 5.36. The summed E-state index contributed by atoms with van der Waals surface area (Å²) in [4.78, 5) is 8.50. The van der Waals surface area contributed by atoms with Crippen molar-refractivity contribution < 1.29 is 13.2 Å². The molecule has 0 bridgehead atoms. The Balaban J connectivity index is 1.65. The molecule has 2 fully saturated rings. The van der Waals surface area contributed by atoms with Crippen LogP contribution in [0, 0.1) is 0 Å². The number of fused-ring (bicyclic) bond motifs is 1. The summed E-state index contributed by atoms with van der Waals surface area (Å²) < 4.78 is 34.3. The summed E-state index contributed by atoms with van der Waals surface area (Å²) >= 11 is 1.18. The van der Waals surface area contributed by atoms with E-state index in [0.717, 1.165) is 39.0 Å². The standard InChI is InChI=1S/C12H17N5O3S2/c18-22(19)10-9(13-11(15-22)16-3-1-2-4-16)14-12(21-10)17-5-7-20-8-6-17/h1-8H2,(H,13,15). The summed E-state index contributed by atoms with van der Waals surface area (Å²) in [6.07, 6.45) is 2.12. The molecule has 2 saturated heterocycles. The van der Waals surface area contributed by atoms with Crippen LogP contribution in [0.15, 0.2) is 8.61 Å². The topological polar surface area (TPSA) is 87.1 Å². The van der Waals surface area contributed by atoms with Gasteiger partial charge in [0.25, 0.3) is 10.0 Å². The Morgan fingerprint density at radius 2 is 1.82 bits per heavy atom. The lowest BCUT2D eigenvalue weighted by Crippen LogP contribution is -2.37. The fourth-order valence-corrected chi connectivity index (χ4v) is 5.17. The minimum Gasteiger partial charge on any atom is -0.378 e. The van der Waals surface area contributed by atoms with Crippen molar-refractivity contribution in [2.45, 2.75) is 17.1 Å². The number of hydrogen-bond acceptors (Lipinski definition) is 8. The van der Waals surface area contributed by atoms with E-state index in [1.165, 1.54) is 11.3 Å². The van der Waals surface area contributed by atoms with Crippen LogP contribution in [0.2, 0.25) is 0 Å². The zero-order valence-electron chi connectivity index (χ0n) is 12.0. The van der Waals surface area contributed by atoms with Gasteiger partial charge in [0.2, 0.25) is 5.96 Å². The zero-order chi connectivity index (χ0) is 15.2. The number of aromatic nitrogens is 1. The predicted octanol–water partition coefficient (Wildman–Crippen LogP) is 0.546. The molecule has 0 spiro atoms. The lowest BCUT2D eigenvalue weighted by Gasteiger charge is -2.25. The Kier molecular flexibility index (Phi) is 3.46. The largest absolute Gasteiger partial charge is 0.378 e. The van der Waals surface area contributed by atoms with E-state index >= 15 is 0 Å². The van der Waals surface area contributed by atoms with Gasteiger partial charge in [0.05, 0.1) is 13.2 Å². The third-order valence-electron chi connectivity index (χ3n) is 3.94. The van der Waals surface area contributed by atoms with Gasteiger partial charge in [0.15, 0.2) is 15.2 Å². The molecule has 0 saturated carbocycles. The van der Waals surface area contributed by atoms with Crippen LogP contribution in [0.5, 0.6) is 0 Å². The van der Waals surface area contributed by atoms with E-state index in [4.69, 9.17) is 4.74 Å². The van der Waals surface area contributed by atoms with Gasteiger partial charge in [-0.3, -0.25) is 0 Å². The number of anilines is 2. The monoisotopic (exact) mass is 343 g/mol. The molecule has 0 unspecified atom stereocenters. The number of morpholine rings is 1. The molecule has 0 amide bonds. The van der Waals surface area contributed by atoms with Crippen molar-refractivity contribution in [3.05, 3.63) is 0 Å². The summed E-state index contributed by atoms with van der Waals surface area (Å²) in [7, 11) is -3.66. The molecule has 4 rings (SSSR count). The average molecular weight is 343 g/mol. The summed E-state index contributed by atoms with van der Waals surface area (Å²) in [6, 6.07) is 0. The summed E-state index contributed by atoms with van der Waals surface area (Å²) in [5.41, 5.74) is 0. The molecule has 0 radical (unpaired) electrons. The van der Waals surface area contributed by atoms with Gasteiger partial charge < -0.3 is 19.9 Å². The van der Waals surface area contributed by atoms with Gasteiger partial charge in [-0.05, 0) is 12.8 Å². The van der Waals surface area contributed by atoms with Gasteiger partial charge >= 0.3 is 0 Å². The quantitative estimate of drug-likeness (QED) is 0.796. The van der Waals surface area contributed by atoms with Crippen LogP contribution in [-0.4, -0.2) is 63.7 Å². The predicted molar refractivity (Wildman–Crippen MR) is 84.2 cm³/mol. The molecular weight excluding hydrogens is 326 g/mol. The molecule has 0 aromatic carbocycles. The molecule has 22 heavy (non-hydrogen) atoms. The highest BCUT2D eigenvalue weighted by Crippen LogP contribution is 2.37. The maximum absolute atomic E-state index is 12.4. The van der Waals surface area contributed by atoms with Crippen LogP contribution < -0.4 is 10.2 Å². The second-order valence-electron chi connectivity index (χ2n) is 5.44. The number of likely N-dealkylation sites (tertiary alicyclic amines) is 1. The van der Waals surface area contributed by atoms with E-state index in [0.29, 0.717) is 30.1 Å². The number of rotatable bonds is 1. The van der Waals surface area contributed by atoms with E-state index in [-0.39, 0.29) is 4.21 Å². The van der Waals surface area contributed by atoms with Gasteiger partial charge in [0, 0.05) is 26.2 Å². The van der Waals surface area contributed by atoms with Crippen molar-refractivity contribution in [2.24, 2.45) is 4.40 Å². The molecule has 8 nitrogen and oxygen atoms in total. The van der Waals surface area contributed by atoms with Crippen LogP contribution in [0.25, 0.3) is 0 Å². The van der Waals surface area contributed by atoms with Crippen molar-refractivity contribution in [1.29, 1.82) is 0 Å². The maximum atomic E-state index is 12.4. The lowest BCUT2D eigenvalue weighted by molar-refractivity contribution is 0.122. The van der Waals surface area contributed by atoms with Gasteiger partial charge in [-0.1, -0.05) is 11.3 Å². The Hall–Kier alpha value is -1.39. The van der Waals surface area contributed by atoms with Gasteiger partial charge in [-0.25, -0.2) is 4.98 Å². The SMILES string of the molecule is O=S1(=O)N=C(N2CCCC2)Nc2nc(N3CCOCC3)sc21. The van der Waals surface area contributed by atoms with E-state index in [2.05, 4.69) is 19.6 Å². The fraction of sp³-hybridized carbons (Fsp3) is 0.667. The van der Waals surface area contributed by atoms with Crippen molar-refractivity contribution in [2.75, 3.05) is 49.6 Å². The highest BCUT2D eigenvalue weighted by molar-refractivity contribution is 7.92. The van der Waals surface area contributed by atoms with Crippen LogP contribution in [0.4, 0.5) is 10.9 Å². The molecule has 4 heterocycles. The zero-order valence-corrected chi connectivity index (χ0v) is 13.6. The molecule has 120 valence electrons. The highest BCUT2D eigenvalue weighted by Gasteiger charge is 2.33. The van der Waals surface area contributed by atoms with E-state index in [1.807, 2.05) is 4.90 Å². The fourth-order valence-electron chi connectivity index (χ4n) is 2.79. The van der Waals surface area contributed by atoms with Crippen LogP contribution in [0.1, 0.15) is 12.8 Å². The van der Waals surface area contributed by atoms with E-state index in [9.17, 15) is 8.42 Å². The number of sulfonamides is 1. The van der Waals surface area contributed by atoms with Crippen LogP contribution in [0.3, 0.4) is 0 Å². The molecule has 3 aliphatic rings. The number of ether oxygens (including phenoxy) is 1. The molecule has 1 aromatic rings. The molecular formula is C12H17N5O3S2. The van der Waals surface area contributed by atoms with E-state index in [1.54, 1.807) is 0 Å². The number of nitrogens with one attached hydrogen (secondary N) is 1. The third-order valence-corrected chi connectivity index (χ3v) is 6.81. The number of thiazole rings is 1. The highest BCUT2D eigenvalue weighted by atomic mass is 32.2. The molecule has 1 N–H and O–H groups in total. The Morgan fingerprint density at radius 3 is 2.55 bits per heavy atom. The third kappa shape index (κ3) is 2.44. The van der Waals surface area contributed by atoms with Crippen molar-refractivity contribution in [1.82, 2.24) is 9.88 Å². The van der Waals surface area contributed by atoms with Crippen molar-refractivity contribution >= 4 is 38.3 Å². The first-order valence-corrected chi connectivity index (χ1v) is 9.60. The summed E-state index contributed by atoms with van der Waals surface area (Å²) in [5, 5.41) is 3.80.